The van der Waals surface area contributed by atoms with Crippen LogP contribution in [0, 0.1) is 10.8 Å². The van der Waals surface area contributed by atoms with E-state index in [-0.39, 0.29) is 5.41 Å². The molecule has 0 aromatic carbocycles. The summed E-state index contributed by atoms with van der Waals surface area (Å²) in [6, 6.07) is 0. The highest BCUT2D eigenvalue weighted by atomic mass is 14.7. The molecule has 3 N–H and O–H groups in total. The first-order chi connectivity index (χ1) is 5.50. The third-order valence-corrected chi connectivity index (χ3v) is 2.38. The average Bonchev–Trinajstić information content (AvgIpc) is 1.98. The van der Waals surface area contributed by atoms with Crippen molar-refractivity contribution in [3.8, 4) is 0 Å². The molecule has 0 aromatic rings. The van der Waals surface area contributed by atoms with Gasteiger partial charge in [0.1, 0.15) is 0 Å². The van der Waals surface area contributed by atoms with E-state index in [0.29, 0.717) is 5.84 Å². The maximum Gasteiger partial charge on any atom is 0.0963 e. The van der Waals surface area contributed by atoms with E-state index in [1.807, 2.05) is 13.8 Å². The molecule has 0 amide bonds. The molecule has 2 heteroatoms. The highest BCUT2D eigenvalue weighted by molar-refractivity contribution is 5.82. The molecule has 0 aliphatic heterocycles. The molecule has 0 spiro atoms. The van der Waals surface area contributed by atoms with Gasteiger partial charge in [-0.25, -0.2) is 0 Å². The van der Waals surface area contributed by atoms with Crippen molar-refractivity contribution in [2.45, 2.75) is 52.9 Å². The minimum atomic E-state index is -0.0895. The summed E-state index contributed by atoms with van der Waals surface area (Å²) in [6.45, 7) is 6.29. The van der Waals surface area contributed by atoms with Crippen LogP contribution in [0.15, 0.2) is 0 Å². The lowest BCUT2D eigenvalue weighted by molar-refractivity contribution is 0.436. The van der Waals surface area contributed by atoms with Crippen LogP contribution in [0.4, 0.5) is 0 Å². The molecule has 0 bridgehead atoms. The van der Waals surface area contributed by atoms with Crippen molar-refractivity contribution in [1.29, 1.82) is 5.41 Å². The Morgan fingerprint density at radius 3 is 2.25 bits per heavy atom. The third-order valence-electron chi connectivity index (χ3n) is 2.38. The first-order valence-corrected chi connectivity index (χ1v) is 4.85. The molecule has 0 aromatic heterocycles. The Balaban J connectivity index is 3.54. The van der Waals surface area contributed by atoms with Crippen LogP contribution in [0.3, 0.4) is 0 Å². The normalized spacial score (nSPS) is 11.6. The first-order valence-electron chi connectivity index (χ1n) is 4.85. The summed E-state index contributed by atoms with van der Waals surface area (Å²) in [7, 11) is 0. The Labute approximate surface area is 76.0 Å². The van der Waals surface area contributed by atoms with Gasteiger partial charge in [-0.15, -0.1) is 0 Å². The molecule has 0 fully saturated rings. The molecule has 0 saturated carbocycles. The van der Waals surface area contributed by atoms with E-state index in [9.17, 15) is 0 Å². The van der Waals surface area contributed by atoms with Gasteiger partial charge >= 0.3 is 0 Å². The molecular formula is C10H22N2. The Bertz CT molecular complexity index is 139. The molecule has 2 nitrogen and oxygen atoms in total. The van der Waals surface area contributed by atoms with Gasteiger partial charge < -0.3 is 5.73 Å². The van der Waals surface area contributed by atoms with Gasteiger partial charge in [0.25, 0.3) is 0 Å². The number of rotatable bonds is 6. The zero-order valence-electron chi connectivity index (χ0n) is 8.61. The second-order valence-corrected chi connectivity index (χ2v) is 4.11. The van der Waals surface area contributed by atoms with E-state index >= 15 is 0 Å². The van der Waals surface area contributed by atoms with E-state index in [4.69, 9.17) is 11.1 Å². The molecule has 0 rings (SSSR count). The van der Waals surface area contributed by atoms with Gasteiger partial charge in [0.2, 0.25) is 0 Å². The van der Waals surface area contributed by atoms with Crippen LogP contribution in [0.5, 0.6) is 0 Å². The SMILES string of the molecule is CCCCCCC(C)(C)C(=N)N. The van der Waals surface area contributed by atoms with E-state index < -0.39 is 0 Å². The highest BCUT2D eigenvalue weighted by Crippen LogP contribution is 2.23. The number of nitrogens with one attached hydrogen (secondary N) is 1. The quantitative estimate of drug-likeness (QED) is 0.359. The lowest BCUT2D eigenvalue weighted by atomic mass is 9.86. The van der Waals surface area contributed by atoms with Crippen LogP contribution in [0.25, 0.3) is 0 Å². The van der Waals surface area contributed by atoms with Crippen molar-refractivity contribution >= 4 is 5.84 Å². The predicted molar refractivity (Wildman–Crippen MR) is 54.5 cm³/mol. The Morgan fingerprint density at radius 2 is 1.83 bits per heavy atom. The summed E-state index contributed by atoms with van der Waals surface area (Å²) in [6.07, 6.45) is 6.07. The van der Waals surface area contributed by atoms with Gasteiger partial charge in [0, 0.05) is 5.41 Å². The second-order valence-electron chi connectivity index (χ2n) is 4.11. The van der Waals surface area contributed by atoms with Crippen molar-refractivity contribution in [3.05, 3.63) is 0 Å². The molecule has 0 aliphatic rings. The van der Waals surface area contributed by atoms with Crippen molar-refractivity contribution in [2.75, 3.05) is 0 Å². The first kappa shape index (κ1) is 11.5. The van der Waals surface area contributed by atoms with Crippen LogP contribution in [0.2, 0.25) is 0 Å². The fraction of sp³-hybridized carbons (Fsp3) is 0.900. The minimum Gasteiger partial charge on any atom is -0.387 e. The van der Waals surface area contributed by atoms with E-state index in [0.717, 1.165) is 6.42 Å². The predicted octanol–water partition coefficient (Wildman–Crippen LogP) is 2.92. The zero-order valence-corrected chi connectivity index (χ0v) is 8.61. The molecule has 0 unspecified atom stereocenters. The molecule has 0 heterocycles. The van der Waals surface area contributed by atoms with E-state index in [2.05, 4.69) is 6.92 Å². The monoisotopic (exact) mass is 170 g/mol. The van der Waals surface area contributed by atoms with Crippen LogP contribution < -0.4 is 5.73 Å². The van der Waals surface area contributed by atoms with Crippen molar-refractivity contribution in [1.82, 2.24) is 0 Å². The summed E-state index contributed by atoms with van der Waals surface area (Å²) >= 11 is 0. The third kappa shape index (κ3) is 4.37. The van der Waals surface area contributed by atoms with Gasteiger partial charge in [-0.3, -0.25) is 5.41 Å². The second kappa shape index (κ2) is 5.18. The Morgan fingerprint density at radius 1 is 1.25 bits per heavy atom. The van der Waals surface area contributed by atoms with Gasteiger partial charge in [-0.1, -0.05) is 46.5 Å². The maximum absolute atomic E-state index is 7.36. The smallest absolute Gasteiger partial charge is 0.0963 e. The summed E-state index contributed by atoms with van der Waals surface area (Å²) in [5.74, 6) is 0.319. The molecule has 0 radical (unpaired) electrons. The lowest BCUT2D eigenvalue weighted by Gasteiger charge is -2.22. The van der Waals surface area contributed by atoms with Crippen LogP contribution in [0.1, 0.15) is 52.9 Å². The van der Waals surface area contributed by atoms with Crippen LogP contribution in [-0.2, 0) is 0 Å². The van der Waals surface area contributed by atoms with Crippen molar-refractivity contribution in [3.63, 3.8) is 0 Å². The standard InChI is InChI=1S/C10H22N2/c1-4-5-6-7-8-10(2,3)9(11)12/h4-8H2,1-3H3,(H3,11,12). The van der Waals surface area contributed by atoms with Gasteiger partial charge in [0.05, 0.1) is 5.84 Å². The molecule has 0 aliphatic carbocycles. The topological polar surface area (TPSA) is 49.9 Å². The lowest BCUT2D eigenvalue weighted by Crippen LogP contribution is -2.30. The number of hydrogen-bond donors (Lipinski definition) is 2. The van der Waals surface area contributed by atoms with Gasteiger partial charge in [-0.05, 0) is 6.42 Å². The van der Waals surface area contributed by atoms with Crippen molar-refractivity contribution < 1.29 is 0 Å². The maximum atomic E-state index is 7.36. The molecular weight excluding hydrogens is 148 g/mol. The van der Waals surface area contributed by atoms with Gasteiger partial charge in [0.15, 0.2) is 0 Å². The minimum absolute atomic E-state index is 0.0895. The number of unbranched alkanes of at least 4 members (excludes halogenated alkanes) is 3. The number of hydrogen-bond acceptors (Lipinski definition) is 1. The van der Waals surface area contributed by atoms with E-state index in [1.54, 1.807) is 0 Å². The number of amidine groups is 1. The Hall–Kier alpha value is -0.530. The zero-order chi connectivity index (χ0) is 9.61. The van der Waals surface area contributed by atoms with E-state index in [1.165, 1.54) is 25.7 Å². The summed E-state index contributed by atoms with van der Waals surface area (Å²) in [5.41, 5.74) is 5.38. The number of nitrogens with two attached hydrogens (primary N) is 1. The van der Waals surface area contributed by atoms with Crippen LogP contribution >= 0.6 is 0 Å². The summed E-state index contributed by atoms with van der Waals surface area (Å²) < 4.78 is 0. The fourth-order valence-electron chi connectivity index (χ4n) is 1.13. The average molecular weight is 170 g/mol. The van der Waals surface area contributed by atoms with Crippen molar-refractivity contribution in [2.24, 2.45) is 11.1 Å². The highest BCUT2D eigenvalue weighted by Gasteiger charge is 2.20. The van der Waals surface area contributed by atoms with Crippen LogP contribution in [-0.4, -0.2) is 5.84 Å². The molecule has 0 atom stereocenters. The summed E-state index contributed by atoms with van der Waals surface area (Å²) in [4.78, 5) is 0. The summed E-state index contributed by atoms with van der Waals surface area (Å²) in [5, 5.41) is 7.36. The molecule has 72 valence electrons. The largest absolute Gasteiger partial charge is 0.387 e. The fourth-order valence-corrected chi connectivity index (χ4v) is 1.13. The molecule has 12 heavy (non-hydrogen) atoms. The molecule has 0 saturated heterocycles. The van der Waals surface area contributed by atoms with Gasteiger partial charge in [-0.2, -0.15) is 0 Å². The Kier molecular flexibility index (Phi) is 4.95.